The Labute approximate surface area is 155 Å². The van der Waals surface area contributed by atoms with Crippen LogP contribution in [0.3, 0.4) is 0 Å². The highest BCUT2D eigenvalue weighted by Gasteiger charge is 2.42. The third kappa shape index (κ3) is 2.24. The Bertz CT molecular complexity index is 1010. The van der Waals surface area contributed by atoms with E-state index < -0.39 is 0 Å². The lowest BCUT2D eigenvalue weighted by molar-refractivity contribution is 0.0601. The topological polar surface area (TPSA) is 39.2 Å². The Morgan fingerprint density at radius 2 is 1.80 bits per heavy atom. The van der Waals surface area contributed by atoms with Gasteiger partial charge in [-0.05, 0) is 11.6 Å². The number of aromatic nitrogens is 1. The molecule has 3 aromatic rings. The molecule has 0 fully saturated rings. The Morgan fingerprint density at radius 3 is 2.56 bits per heavy atom. The number of rotatable bonds is 1. The molecular weight excluding hydrogens is 378 g/mol. The second-order valence-corrected chi connectivity index (χ2v) is 7.80. The summed E-state index contributed by atoms with van der Waals surface area (Å²) >= 11 is 3.86. The Morgan fingerprint density at radius 1 is 1.12 bits per heavy atom. The Balaban J connectivity index is 2.20. The molecule has 0 N–H and O–H groups in total. The largest absolute Gasteiger partial charge is 0.465 e. The number of nitrogens with zero attached hydrogens (tertiary/aromatic N) is 1. The van der Waals surface area contributed by atoms with Gasteiger partial charge in [-0.1, -0.05) is 72.2 Å². The third-order valence-corrected chi connectivity index (χ3v) is 6.69. The van der Waals surface area contributed by atoms with Gasteiger partial charge in [-0.3, -0.25) is 0 Å². The molecule has 0 radical (unpaired) electrons. The van der Waals surface area contributed by atoms with E-state index in [9.17, 15) is 4.79 Å². The van der Waals surface area contributed by atoms with Crippen LogP contribution in [-0.4, -0.2) is 18.1 Å². The summed E-state index contributed by atoms with van der Waals surface area (Å²) in [6, 6.07) is 16.0. The van der Waals surface area contributed by atoms with Crippen molar-refractivity contribution < 1.29 is 9.53 Å². The highest BCUT2D eigenvalue weighted by molar-refractivity contribution is 9.09. The van der Waals surface area contributed by atoms with Crippen LogP contribution in [0.15, 0.2) is 48.5 Å². The van der Waals surface area contributed by atoms with Gasteiger partial charge in [0, 0.05) is 21.9 Å². The highest BCUT2D eigenvalue weighted by Crippen LogP contribution is 2.54. The minimum absolute atomic E-state index is 0.0453. The third-order valence-electron chi connectivity index (χ3n) is 5.08. The summed E-state index contributed by atoms with van der Waals surface area (Å²) in [4.78, 5) is 17.6. The molecule has 4 heteroatoms. The van der Waals surface area contributed by atoms with Crippen LogP contribution >= 0.6 is 15.9 Å². The average Bonchev–Trinajstić information content (AvgIpc) is 2.64. The zero-order valence-corrected chi connectivity index (χ0v) is 15.9. The van der Waals surface area contributed by atoms with Crippen molar-refractivity contribution in [3.05, 3.63) is 65.2 Å². The van der Waals surface area contributed by atoms with Gasteiger partial charge in [-0.15, -0.1) is 0 Å². The maximum Gasteiger partial charge on any atom is 0.338 e. The van der Waals surface area contributed by atoms with Crippen molar-refractivity contribution in [2.45, 2.75) is 24.1 Å². The number of methoxy groups -OCH3 is 1. The maximum atomic E-state index is 12.7. The van der Waals surface area contributed by atoms with Crippen molar-refractivity contribution in [2.24, 2.45) is 0 Å². The van der Waals surface area contributed by atoms with Gasteiger partial charge in [0.1, 0.15) is 0 Å². The number of hydrogen-bond acceptors (Lipinski definition) is 3. The Hall–Kier alpha value is -2.20. The first kappa shape index (κ1) is 16.3. The van der Waals surface area contributed by atoms with Crippen LogP contribution in [0, 0.1) is 0 Å². The fraction of sp³-hybridized carbons (Fsp3) is 0.238. The highest BCUT2D eigenvalue weighted by atomic mass is 79.9. The molecule has 0 aliphatic heterocycles. The maximum absolute atomic E-state index is 12.7. The summed E-state index contributed by atoms with van der Waals surface area (Å²) in [6.45, 7) is 4.37. The molecule has 25 heavy (non-hydrogen) atoms. The van der Waals surface area contributed by atoms with E-state index in [1.807, 2.05) is 36.4 Å². The first-order valence-corrected chi connectivity index (χ1v) is 9.13. The van der Waals surface area contributed by atoms with Crippen LogP contribution in [0.4, 0.5) is 0 Å². The number of ether oxygens (including phenoxy) is 1. The smallest absolute Gasteiger partial charge is 0.338 e. The van der Waals surface area contributed by atoms with Crippen molar-refractivity contribution in [2.75, 3.05) is 7.11 Å². The predicted molar refractivity (Wildman–Crippen MR) is 103 cm³/mol. The van der Waals surface area contributed by atoms with Crippen LogP contribution in [0.2, 0.25) is 0 Å². The first-order valence-electron chi connectivity index (χ1n) is 8.21. The number of halogens is 1. The number of pyridine rings is 1. The van der Waals surface area contributed by atoms with Crippen molar-refractivity contribution in [3.63, 3.8) is 0 Å². The molecule has 1 aromatic heterocycles. The van der Waals surface area contributed by atoms with Crippen molar-refractivity contribution >= 4 is 32.8 Å². The number of esters is 1. The van der Waals surface area contributed by atoms with Crippen LogP contribution in [0.25, 0.3) is 22.2 Å². The molecule has 1 aliphatic carbocycles. The minimum Gasteiger partial charge on any atom is -0.465 e. The fourth-order valence-corrected chi connectivity index (χ4v) is 4.44. The van der Waals surface area contributed by atoms with E-state index >= 15 is 0 Å². The molecule has 3 nitrogen and oxygen atoms in total. The van der Waals surface area contributed by atoms with Crippen LogP contribution < -0.4 is 0 Å². The van der Waals surface area contributed by atoms with E-state index in [4.69, 9.17) is 9.72 Å². The van der Waals surface area contributed by atoms with Crippen LogP contribution in [0.5, 0.6) is 0 Å². The Kier molecular flexibility index (Phi) is 3.69. The molecule has 0 saturated heterocycles. The minimum atomic E-state index is -0.325. The van der Waals surface area contributed by atoms with Crippen molar-refractivity contribution in [1.29, 1.82) is 0 Å². The number of hydrogen-bond donors (Lipinski definition) is 0. The molecule has 4 rings (SSSR count). The fourth-order valence-electron chi connectivity index (χ4n) is 3.75. The zero-order chi connectivity index (χ0) is 17.8. The second kappa shape index (κ2) is 5.67. The second-order valence-electron chi connectivity index (χ2n) is 6.89. The van der Waals surface area contributed by atoms with Gasteiger partial charge in [0.2, 0.25) is 0 Å². The number of carbonyl (C=O) groups excluding carboxylic acids is 1. The van der Waals surface area contributed by atoms with Gasteiger partial charge in [0.15, 0.2) is 0 Å². The number of benzene rings is 2. The molecule has 126 valence electrons. The van der Waals surface area contributed by atoms with Crippen LogP contribution in [-0.2, 0) is 10.2 Å². The van der Waals surface area contributed by atoms with Gasteiger partial charge in [0.05, 0.1) is 28.7 Å². The lowest BCUT2D eigenvalue weighted by Crippen LogP contribution is -2.30. The molecular formula is C21H18BrNO2. The molecule has 1 unspecified atom stereocenters. The van der Waals surface area contributed by atoms with E-state index in [1.54, 1.807) is 0 Å². The number of fused-ring (bicyclic) bond motifs is 4. The van der Waals surface area contributed by atoms with Crippen LogP contribution in [0.1, 0.15) is 40.2 Å². The molecule has 0 saturated carbocycles. The molecule has 0 spiro atoms. The summed E-state index contributed by atoms with van der Waals surface area (Å²) in [5, 5.41) is 0.827. The van der Waals surface area contributed by atoms with Crippen molar-refractivity contribution in [1.82, 2.24) is 4.98 Å². The predicted octanol–water partition coefficient (Wildman–Crippen LogP) is 5.42. The summed E-state index contributed by atoms with van der Waals surface area (Å²) in [7, 11) is 1.43. The number of para-hydroxylation sites is 1. The van der Waals surface area contributed by atoms with Gasteiger partial charge in [-0.2, -0.15) is 0 Å². The average molecular weight is 396 g/mol. The first-order chi connectivity index (χ1) is 12.0. The summed E-state index contributed by atoms with van der Waals surface area (Å²) in [5.74, 6) is -0.325. The monoisotopic (exact) mass is 395 g/mol. The van der Waals surface area contributed by atoms with E-state index in [0.29, 0.717) is 5.56 Å². The quantitative estimate of drug-likeness (QED) is 0.408. The molecule has 0 bridgehead atoms. The standard InChI is InChI=1S/C21H18BrNO2/c1-21(2)14-10-6-4-8-12(14)18-17(19(21)22)16(20(24)25-3)13-9-5-7-11-15(13)23-18/h4-11,19H,1-3H3. The van der Waals surface area contributed by atoms with Gasteiger partial charge < -0.3 is 4.74 Å². The van der Waals surface area contributed by atoms with E-state index in [2.05, 4.69) is 41.9 Å². The van der Waals surface area contributed by atoms with E-state index in [1.165, 1.54) is 12.7 Å². The normalized spacial score (nSPS) is 17.7. The number of carbonyl (C=O) groups is 1. The van der Waals surface area contributed by atoms with Gasteiger partial charge >= 0.3 is 5.97 Å². The van der Waals surface area contributed by atoms with E-state index in [-0.39, 0.29) is 16.2 Å². The molecule has 1 heterocycles. The molecule has 1 aliphatic rings. The molecule has 0 amide bonds. The lowest BCUT2D eigenvalue weighted by atomic mass is 9.70. The lowest BCUT2D eigenvalue weighted by Gasteiger charge is -2.39. The summed E-state index contributed by atoms with van der Waals surface area (Å²) in [6.07, 6.45) is 0. The number of alkyl halides is 1. The van der Waals surface area contributed by atoms with Gasteiger partial charge in [0.25, 0.3) is 0 Å². The molecule has 1 atom stereocenters. The zero-order valence-electron chi connectivity index (χ0n) is 14.3. The SMILES string of the molecule is COC(=O)c1c2c(nc3ccccc13)-c1ccccc1C(C)(C)C2Br. The summed E-state index contributed by atoms with van der Waals surface area (Å²) < 4.78 is 5.13. The van der Waals surface area contributed by atoms with Crippen molar-refractivity contribution in [3.8, 4) is 11.3 Å². The molecule has 2 aromatic carbocycles. The van der Waals surface area contributed by atoms with Gasteiger partial charge in [-0.25, -0.2) is 9.78 Å². The summed E-state index contributed by atoms with van der Waals surface area (Å²) in [5.41, 5.74) is 5.29. The van der Waals surface area contributed by atoms with E-state index in [0.717, 1.165) is 27.7 Å².